The zero-order chi connectivity index (χ0) is 14.8. The van der Waals surface area contributed by atoms with Crippen molar-refractivity contribution in [3.63, 3.8) is 0 Å². The number of nitrogens with one attached hydrogen (secondary N) is 2. The van der Waals surface area contributed by atoms with E-state index in [1.165, 1.54) is 12.5 Å². The number of H-pyrrole nitrogens is 1. The average Bonchev–Trinajstić information content (AvgIpc) is 3.13. The van der Waals surface area contributed by atoms with Crippen LogP contribution in [0.4, 0.5) is 5.69 Å². The van der Waals surface area contributed by atoms with Crippen LogP contribution in [-0.4, -0.2) is 17.1 Å². The van der Waals surface area contributed by atoms with Gasteiger partial charge in [-0.2, -0.15) is 0 Å². The summed E-state index contributed by atoms with van der Waals surface area (Å²) in [5.41, 5.74) is 6.55. The molecule has 0 radical (unpaired) electrons. The molecule has 0 atom stereocenters. The fraction of sp³-hybridized carbons (Fsp3) is 0.176. The topological polar surface area (TPSA) is 57.2 Å². The lowest BCUT2D eigenvalue weighted by molar-refractivity contribution is -0.119. The van der Waals surface area contributed by atoms with Gasteiger partial charge in [0.05, 0.1) is 5.69 Å². The van der Waals surface area contributed by atoms with Crippen molar-refractivity contribution in [1.82, 2.24) is 10.3 Å². The molecule has 4 nitrogen and oxygen atoms in total. The number of aromatic nitrogens is 1. The molecule has 0 spiro atoms. The molecule has 0 unspecified atom stereocenters. The molecule has 4 heteroatoms. The number of amides is 1. The highest BCUT2D eigenvalue weighted by Gasteiger charge is 2.16. The lowest BCUT2D eigenvalue weighted by Crippen LogP contribution is -2.18. The molecule has 2 aromatic rings. The SMILES string of the molecule is CC(=O)NCc1ccc2c(c1)C(=C(C)c1ccc[nH]1)C=N2. The van der Waals surface area contributed by atoms with Crippen LogP contribution in [-0.2, 0) is 11.3 Å². The molecule has 0 aliphatic carbocycles. The quantitative estimate of drug-likeness (QED) is 0.890. The maximum atomic E-state index is 11.0. The number of allylic oxidation sites excluding steroid dienone is 2. The minimum absolute atomic E-state index is 0.0231. The van der Waals surface area contributed by atoms with E-state index in [2.05, 4.69) is 34.3 Å². The van der Waals surface area contributed by atoms with Crippen LogP contribution in [0.2, 0.25) is 0 Å². The molecular weight excluding hydrogens is 262 g/mol. The smallest absolute Gasteiger partial charge is 0.217 e. The predicted octanol–water partition coefficient (Wildman–Crippen LogP) is 3.30. The molecule has 1 amide bonds. The molecule has 0 saturated heterocycles. The highest BCUT2D eigenvalue weighted by Crippen LogP contribution is 2.36. The highest BCUT2D eigenvalue weighted by atomic mass is 16.1. The molecule has 106 valence electrons. The van der Waals surface area contributed by atoms with Gasteiger partial charge in [-0.15, -0.1) is 0 Å². The molecule has 1 aliphatic rings. The summed E-state index contributed by atoms with van der Waals surface area (Å²) >= 11 is 0. The Balaban J connectivity index is 1.97. The first-order valence-electron chi connectivity index (χ1n) is 6.91. The second-order valence-corrected chi connectivity index (χ2v) is 5.14. The van der Waals surface area contributed by atoms with Crippen molar-refractivity contribution in [3.05, 3.63) is 53.3 Å². The molecule has 0 bridgehead atoms. The zero-order valence-electron chi connectivity index (χ0n) is 12.1. The number of fused-ring (bicyclic) bond motifs is 1. The van der Waals surface area contributed by atoms with Gasteiger partial charge in [0, 0.05) is 42.7 Å². The molecule has 2 N–H and O–H groups in total. The Morgan fingerprint density at radius 2 is 2.14 bits per heavy atom. The van der Waals surface area contributed by atoms with Crippen molar-refractivity contribution < 1.29 is 4.79 Å². The predicted molar refractivity (Wildman–Crippen MR) is 85.4 cm³/mol. The van der Waals surface area contributed by atoms with Crippen LogP contribution >= 0.6 is 0 Å². The first-order chi connectivity index (χ1) is 10.1. The molecular formula is C17H17N3O. The van der Waals surface area contributed by atoms with E-state index in [0.29, 0.717) is 6.54 Å². The van der Waals surface area contributed by atoms with Crippen molar-refractivity contribution in [2.24, 2.45) is 4.99 Å². The first kappa shape index (κ1) is 13.4. The van der Waals surface area contributed by atoms with E-state index in [4.69, 9.17) is 0 Å². The second-order valence-electron chi connectivity index (χ2n) is 5.14. The number of hydrogen-bond acceptors (Lipinski definition) is 2. The minimum Gasteiger partial charge on any atom is -0.361 e. The van der Waals surface area contributed by atoms with E-state index in [1.54, 1.807) is 0 Å². The van der Waals surface area contributed by atoms with Crippen LogP contribution in [0.3, 0.4) is 0 Å². The van der Waals surface area contributed by atoms with E-state index in [9.17, 15) is 4.79 Å². The largest absolute Gasteiger partial charge is 0.361 e. The molecule has 1 aromatic carbocycles. The standard InChI is InChI=1S/C17H17N3O/c1-11(16-4-3-7-18-16)15-10-20-17-6-5-13(8-14(15)17)9-19-12(2)21/h3-8,10,18H,9H2,1-2H3,(H,19,21). The third kappa shape index (κ3) is 2.65. The number of aromatic amines is 1. The number of benzene rings is 1. The average molecular weight is 279 g/mol. The van der Waals surface area contributed by atoms with Gasteiger partial charge in [0.2, 0.25) is 5.91 Å². The summed E-state index contributed by atoms with van der Waals surface area (Å²) < 4.78 is 0. The van der Waals surface area contributed by atoms with Gasteiger partial charge in [-0.05, 0) is 42.3 Å². The third-order valence-electron chi connectivity index (χ3n) is 3.63. The van der Waals surface area contributed by atoms with E-state index < -0.39 is 0 Å². The number of hydrogen-bond donors (Lipinski definition) is 2. The molecule has 1 aliphatic heterocycles. The lowest BCUT2D eigenvalue weighted by Gasteiger charge is -2.08. The molecule has 2 heterocycles. The Bertz CT molecular complexity index is 739. The van der Waals surface area contributed by atoms with Gasteiger partial charge in [0.1, 0.15) is 0 Å². The van der Waals surface area contributed by atoms with Gasteiger partial charge < -0.3 is 10.3 Å². The van der Waals surface area contributed by atoms with E-state index in [-0.39, 0.29) is 5.91 Å². The van der Waals surface area contributed by atoms with Gasteiger partial charge in [0.15, 0.2) is 0 Å². The minimum atomic E-state index is -0.0231. The number of carbonyl (C=O) groups is 1. The molecule has 21 heavy (non-hydrogen) atoms. The summed E-state index contributed by atoms with van der Waals surface area (Å²) in [5, 5.41) is 2.82. The highest BCUT2D eigenvalue weighted by molar-refractivity contribution is 6.23. The monoisotopic (exact) mass is 279 g/mol. The van der Waals surface area contributed by atoms with Gasteiger partial charge in [-0.25, -0.2) is 0 Å². The Morgan fingerprint density at radius 1 is 1.29 bits per heavy atom. The van der Waals surface area contributed by atoms with E-state index >= 15 is 0 Å². The van der Waals surface area contributed by atoms with Crippen molar-refractivity contribution in [1.29, 1.82) is 0 Å². The molecule has 0 saturated carbocycles. The van der Waals surface area contributed by atoms with Gasteiger partial charge >= 0.3 is 0 Å². The Kier molecular flexibility index (Phi) is 3.44. The summed E-state index contributed by atoms with van der Waals surface area (Å²) in [6.07, 6.45) is 3.82. The first-order valence-corrected chi connectivity index (χ1v) is 6.91. The Hall–Kier alpha value is -2.62. The van der Waals surface area contributed by atoms with Crippen LogP contribution in [0, 0.1) is 0 Å². The van der Waals surface area contributed by atoms with Crippen molar-refractivity contribution in [2.45, 2.75) is 20.4 Å². The third-order valence-corrected chi connectivity index (χ3v) is 3.63. The maximum absolute atomic E-state index is 11.0. The molecule has 0 fully saturated rings. The summed E-state index contributed by atoms with van der Waals surface area (Å²) in [7, 11) is 0. The van der Waals surface area contributed by atoms with Crippen LogP contribution < -0.4 is 5.32 Å². The Labute approximate surface area is 123 Å². The van der Waals surface area contributed by atoms with Crippen molar-refractivity contribution in [2.75, 3.05) is 0 Å². The van der Waals surface area contributed by atoms with Gasteiger partial charge in [0.25, 0.3) is 0 Å². The van der Waals surface area contributed by atoms with Crippen LogP contribution in [0.1, 0.15) is 30.7 Å². The lowest BCUT2D eigenvalue weighted by atomic mass is 9.98. The van der Waals surface area contributed by atoms with Crippen LogP contribution in [0.25, 0.3) is 11.1 Å². The summed E-state index contributed by atoms with van der Waals surface area (Å²) in [6, 6.07) is 10.1. The fourth-order valence-electron chi connectivity index (χ4n) is 2.46. The number of aliphatic imine (C=N–C) groups is 1. The molecule has 1 aromatic heterocycles. The summed E-state index contributed by atoms with van der Waals surface area (Å²) in [5.74, 6) is -0.0231. The van der Waals surface area contributed by atoms with Crippen molar-refractivity contribution in [3.8, 4) is 0 Å². The normalized spacial score (nSPS) is 15.0. The second kappa shape index (κ2) is 5.40. The van der Waals surface area contributed by atoms with Gasteiger partial charge in [-0.3, -0.25) is 9.79 Å². The number of carbonyl (C=O) groups excluding carboxylic acids is 1. The zero-order valence-corrected chi connectivity index (χ0v) is 12.1. The van der Waals surface area contributed by atoms with Crippen LogP contribution in [0.5, 0.6) is 0 Å². The Morgan fingerprint density at radius 3 is 2.86 bits per heavy atom. The van der Waals surface area contributed by atoms with Crippen LogP contribution in [0.15, 0.2) is 41.5 Å². The van der Waals surface area contributed by atoms with E-state index in [0.717, 1.165) is 28.1 Å². The number of rotatable bonds is 3. The maximum Gasteiger partial charge on any atom is 0.217 e. The fourth-order valence-corrected chi connectivity index (χ4v) is 2.46. The van der Waals surface area contributed by atoms with E-state index in [1.807, 2.05) is 30.6 Å². The van der Waals surface area contributed by atoms with Gasteiger partial charge in [-0.1, -0.05) is 6.07 Å². The summed E-state index contributed by atoms with van der Waals surface area (Å²) in [6.45, 7) is 4.15. The van der Waals surface area contributed by atoms with Crippen molar-refractivity contribution >= 4 is 29.0 Å². The number of nitrogens with zero attached hydrogens (tertiary/aromatic N) is 1. The molecule has 3 rings (SSSR count). The summed E-state index contributed by atoms with van der Waals surface area (Å²) in [4.78, 5) is 18.7.